The third kappa shape index (κ3) is 6.45. The fourth-order valence-corrected chi connectivity index (χ4v) is 4.80. The maximum atomic E-state index is 13.2. The maximum absolute atomic E-state index is 13.2. The predicted octanol–water partition coefficient (Wildman–Crippen LogP) is 2.71. The monoisotopic (exact) mass is 429 g/mol. The van der Waals surface area contributed by atoms with Crippen molar-refractivity contribution in [1.82, 2.24) is 5.32 Å². The molecule has 2 amide bonds. The number of nitrogens with zero attached hydrogens (tertiary/aromatic N) is 1. The summed E-state index contributed by atoms with van der Waals surface area (Å²) in [6.07, 6.45) is 6.49. The van der Waals surface area contributed by atoms with E-state index >= 15 is 0 Å². The minimum atomic E-state index is -0.0443. The Morgan fingerprint density at radius 2 is 1.74 bits per heavy atom. The van der Waals surface area contributed by atoms with E-state index in [9.17, 15) is 9.59 Å². The SMILES string of the molecule is CC[NH+](CC)CCNC(=O)c1cc(NC(=O)C2CCCC2)ccc1N1CCC(C)CC1. The van der Waals surface area contributed by atoms with Gasteiger partial charge in [-0.05, 0) is 63.6 Å². The molecular weight excluding hydrogens is 388 g/mol. The molecule has 1 aromatic rings. The molecule has 3 N–H and O–H groups in total. The van der Waals surface area contributed by atoms with E-state index in [0.717, 1.165) is 88.5 Å². The van der Waals surface area contributed by atoms with Crippen LogP contribution in [0.2, 0.25) is 0 Å². The summed E-state index contributed by atoms with van der Waals surface area (Å²) in [5.41, 5.74) is 2.39. The fraction of sp³-hybridized carbons (Fsp3) is 0.680. The zero-order valence-electron chi connectivity index (χ0n) is 19.6. The molecule has 2 fully saturated rings. The highest BCUT2D eigenvalue weighted by Crippen LogP contribution is 2.30. The van der Waals surface area contributed by atoms with Crippen LogP contribution in [0.4, 0.5) is 11.4 Å². The Labute approximate surface area is 187 Å². The molecule has 0 spiro atoms. The molecule has 3 rings (SSSR count). The van der Waals surface area contributed by atoms with Gasteiger partial charge in [0.15, 0.2) is 0 Å². The van der Waals surface area contributed by atoms with Gasteiger partial charge in [-0.2, -0.15) is 0 Å². The first kappa shape index (κ1) is 23.6. The second kappa shape index (κ2) is 11.5. The Hall–Kier alpha value is -2.08. The Morgan fingerprint density at radius 3 is 2.39 bits per heavy atom. The van der Waals surface area contributed by atoms with Crippen LogP contribution in [0.3, 0.4) is 0 Å². The molecule has 1 heterocycles. The van der Waals surface area contributed by atoms with Crippen LogP contribution in [-0.4, -0.2) is 51.1 Å². The molecule has 0 unspecified atom stereocenters. The first-order chi connectivity index (χ1) is 15.0. The highest BCUT2D eigenvalue weighted by molar-refractivity contribution is 6.02. The van der Waals surface area contributed by atoms with Crippen LogP contribution < -0.4 is 20.4 Å². The van der Waals surface area contributed by atoms with E-state index in [4.69, 9.17) is 0 Å². The lowest BCUT2D eigenvalue weighted by molar-refractivity contribution is -0.895. The average molecular weight is 430 g/mol. The number of anilines is 2. The van der Waals surface area contributed by atoms with Gasteiger partial charge in [0.1, 0.15) is 0 Å². The Balaban J connectivity index is 1.74. The van der Waals surface area contributed by atoms with Gasteiger partial charge in [-0.15, -0.1) is 0 Å². The number of benzene rings is 1. The number of piperidine rings is 1. The number of likely N-dealkylation sites (N-methyl/N-ethyl adjacent to an activating group) is 1. The van der Waals surface area contributed by atoms with E-state index in [0.29, 0.717) is 12.1 Å². The molecule has 0 bridgehead atoms. The van der Waals surface area contributed by atoms with Gasteiger partial charge in [0.2, 0.25) is 5.91 Å². The van der Waals surface area contributed by atoms with Crippen molar-refractivity contribution in [1.29, 1.82) is 0 Å². The number of hydrogen-bond acceptors (Lipinski definition) is 3. The summed E-state index contributed by atoms with van der Waals surface area (Å²) in [7, 11) is 0. The van der Waals surface area contributed by atoms with Crippen molar-refractivity contribution < 1.29 is 14.5 Å². The van der Waals surface area contributed by atoms with Crippen molar-refractivity contribution >= 4 is 23.2 Å². The van der Waals surface area contributed by atoms with Crippen LogP contribution in [-0.2, 0) is 4.79 Å². The predicted molar refractivity (Wildman–Crippen MR) is 127 cm³/mol. The van der Waals surface area contributed by atoms with Gasteiger partial charge in [0, 0.05) is 30.4 Å². The summed E-state index contributed by atoms with van der Waals surface area (Å²) in [6.45, 7) is 12.3. The highest BCUT2D eigenvalue weighted by atomic mass is 16.2. The van der Waals surface area contributed by atoms with E-state index in [1.165, 1.54) is 4.90 Å². The van der Waals surface area contributed by atoms with Crippen LogP contribution in [0.1, 0.15) is 69.7 Å². The van der Waals surface area contributed by atoms with Crippen molar-refractivity contribution in [3.8, 4) is 0 Å². The largest absolute Gasteiger partial charge is 0.371 e. The van der Waals surface area contributed by atoms with E-state index in [-0.39, 0.29) is 17.7 Å². The molecule has 1 saturated carbocycles. The zero-order chi connectivity index (χ0) is 22.2. The first-order valence-corrected chi connectivity index (χ1v) is 12.3. The van der Waals surface area contributed by atoms with Crippen molar-refractivity contribution in [2.24, 2.45) is 11.8 Å². The van der Waals surface area contributed by atoms with Gasteiger partial charge in [-0.1, -0.05) is 19.8 Å². The highest BCUT2D eigenvalue weighted by Gasteiger charge is 2.25. The minimum absolute atomic E-state index is 0.0443. The summed E-state index contributed by atoms with van der Waals surface area (Å²) in [5, 5.41) is 6.19. The molecule has 0 aromatic heterocycles. The summed E-state index contributed by atoms with van der Waals surface area (Å²) in [5.74, 6) is 0.888. The number of carbonyl (C=O) groups is 2. The van der Waals surface area contributed by atoms with Gasteiger partial charge in [-0.3, -0.25) is 9.59 Å². The second-order valence-corrected chi connectivity index (χ2v) is 9.34. The molecule has 1 aromatic carbocycles. The third-order valence-corrected chi connectivity index (χ3v) is 7.12. The van der Waals surface area contributed by atoms with E-state index in [2.05, 4.69) is 36.3 Å². The van der Waals surface area contributed by atoms with E-state index < -0.39 is 0 Å². The molecule has 31 heavy (non-hydrogen) atoms. The molecule has 0 radical (unpaired) electrons. The molecule has 1 aliphatic heterocycles. The van der Waals surface area contributed by atoms with Crippen LogP contribution in [0, 0.1) is 11.8 Å². The Bertz CT molecular complexity index is 733. The molecule has 172 valence electrons. The van der Waals surface area contributed by atoms with Crippen molar-refractivity contribution in [2.45, 2.75) is 59.3 Å². The lowest BCUT2D eigenvalue weighted by atomic mass is 9.97. The average Bonchev–Trinajstić information content (AvgIpc) is 3.32. The summed E-state index contributed by atoms with van der Waals surface area (Å²) >= 11 is 0. The second-order valence-electron chi connectivity index (χ2n) is 9.34. The lowest BCUT2D eigenvalue weighted by Gasteiger charge is -2.33. The summed E-state index contributed by atoms with van der Waals surface area (Å²) < 4.78 is 0. The minimum Gasteiger partial charge on any atom is -0.371 e. The van der Waals surface area contributed by atoms with Gasteiger partial charge in [0.05, 0.1) is 31.7 Å². The fourth-order valence-electron chi connectivity index (χ4n) is 4.80. The van der Waals surface area contributed by atoms with E-state index in [1.807, 2.05) is 18.2 Å². The Morgan fingerprint density at radius 1 is 1.06 bits per heavy atom. The number of rotatable bonds is 9. The number of amides is 2. The lowest BCUT2D eigenvalue weighted by Crippen LogP contribution is -3.12. The van der Waals surface area contributed by atoms with Crippen LogP contribution in [0.15, 0.2) is 18.2 Å². The van der Waals surface area contributed by atoms with Crippen LogP contribution >= 0.6 is 0 Å². The molecule has 6 nitrogen and oxygen atoms in total. The molecule has 1 aliphatic carbocycles. The normalized spacial score (nSPS) is 17.9. The smallest absolute Gasteiger partial charge is 0.253 e. The van der Waals surface area contributed by atoms with Crippen molar-refractivity contribution in [2.75, 3.05) is 49.5 Å². The van der Waals surface area contributed by atoms with Gasteiger partial charge >= 0.3 is 0 Å². The van der Waals surface area contributed by atoms with Gasteiger partial charge in [-0.25, -0.2) is 0 Å². The third-order valence-electron chi connectivity index (χ3n) is 7.12. The molecule has 1 saturated heterocycles. The van der Waals surface area contributed by atoms with Gasteiger partial charge < -0.3 is 20.4 Å². The first-order valence-electron chi connectivity index (χ1n) is 12.3. The van der Waals surface area contributed by atoms with E-state index in [1.54, 1.807) is 0 Å². The summed E-state index contributed by atoms with van der Waals surface area (Å²) in [6, 6.07) is 5.85. The Kier molecular flexibility index (Phi) is 8.76. The zero-order valence-corrected chi connectivity index (χ0v) is 19.6. The number of hydrogen-bond donors (Lipinski definition) is 3. The van der Waals surface area contributed by atoms with Gasteiger partial charge in [0.25, 0.3) is 5.91 Å². The molecular formula is C25H41N4O2+. The van der Waals surface area contributed by atoms with Crippen molar-refractivity contribution in [3.63, 3.8) is 0 Å². The standard InChI is InChI=1S/C25H40N4O2/c1-4-28(5-2)17-14-26-25(31)22-18-21(27-24(30)20-8-6-7-9-20)10-11-23(22)29-15-12-19(3)13-16-29/h10-11,18-20H,4-9,12-17H2,1-3H3,(H,26,31)(H,27,30)/p+1. The topological polar surface area (TPSA) is 65.9 Å². The molecule has 2 aliphatic rings. The number of carbonyl (C=O) groups excluding carboxylic acids is 2. The summed E-state index contributed by atoms with van der Waals surface area (Å²) in [4.78, 5) is 29.6. The quantitative estimate of drug-likeness (QED) is 0.566. The van der Waals surface area contributed by atoms with Crippen LogP contribution in [0.5, 0.6) is 0 Å². The van der Waals surface area contributed by atoms with Crippen LogP contribution in [0.25, 0.3) is 0 Å². The number of nitrogens with one attached hydrogen (secondary N) is 3. The van der Waals surface area contributed by atoms with Crippen molar-refractivity contribution in [3.05, 3.63) is 23.8 Å². The maximum Gasteiger partial charge on any atom is 0.253 e. The number of quaternary nitrogens is 1. The molecule has 6 heteroatoms. The molecule has 0 atom stereocenters.